The Kier molecular flexibility index (Phi) is 4.76. The predicted molar refractivity (Wildman–Crippen MR) is 85.3 cm³/mol. The molecule has 108 valence electrons. The van der Waals surface area contributed by atoms with Crippen molar-refractivity contribution in [2.45, 2.75) is 13.8 Å². The first kappa shape index (κ1) is 15.3. The van der Waals surface area contributed by atoms with Crippen molar-refractivity contribution in [1.82, 2.24) is 0 Å². The fourth-order valence-electron chi connectivity index (χ4n) is 2.15. The molecule has 0 bridgehead atoms. The van der Waals surface area contributed by atoms with Gasteiger partial charge in [0, 0.05) is 21.7 Å². The van der Waals surface area contributed by atoms with Crippen molar-refractivity contribution in [3.05, 3.63) is 69.7 Å². The van der Waals surface area contributed by atoms with Crippen molar-refractivity contribution in [3.8, 4) is 0 Å². The third-order valence-electron chi connectivity index (χ3n) is 3.12. The Bertz CT molecular complexity index is 708. The van der Waals surface area contributed by atoms with Gasteiger partial charge in [0.1, 0.15) is 7.11 Å². The molecule has 0 aliphatic rings. The molecule has 21 heavy (non-hydrogen) atoms. The van der Waals surface area contributed by atoms with Gasteiger partial charge in [0.2, 0.25) is 0 Å². The molecule has 0 aliphatic carbocycles. The van der Waals surface area contributed by atoms with Gasteiger partial charge in [-0.3, -0.25) is 4.79 Å². The molecule has 3 nitrogen and oxygen atoms in total. The van der Waals surface area contributed by atoms with Gasteiger partial charge < -0.3 is 4.84 Å². The number of hydrogen-bond acceptors (Lipinski definition) is 3. The molecular weight excluding hydrogens is 286 g/mol. The van der Waals surface area contributed by atoms with E-state index in [2.05, 4.69) is 5.16 Å². The molecule has 0 amide bonds. The standard InChI is InChI=1S/C17H16ClNO2/c1-11-5-4-6-13(9-11)17(20)16-10-14(18)7-8-15(16)12(2)19-21-3/h4-10H,1-3H3/b19-12-. The number of carbonyl (C=O) groups is 1. The van der Waals surface area contributed by atoms with E-state index in [1.54, 1.807) is 31.2 Å². The van der Waals surface area contributed by atoms with Crippen LogP contribution in [-0.2, 0) is 4.84 Å². The van der Waals surface area contributed by atoms with Crippen LogP contribution in [0.4, 0.5) is 0 Å². The molecule has 0 aliphatic heterocycles. The summed E-state index contributed by atoms with van der Waals surface area (Å²) >= 11 is 6.04. The highest BCUT2D eigenvalue weighted by Crippen LogP contribution is 2.21. The summed E-state index contributed by atoms with van der Waals surface area (Å²) in [5.41, 5.74) is 3.53. The molecule has 0 spiro atoms. The van der Waals surface area contributed by atoms with Gasteiger partial charge in [-0.05, 0) is 32.0 Å². The summed E-state index contributed by atoms with van der Waals surface area (Å²) in [6.45, 7) is 3.74. The van der Waals surface area contributed by atoms with Crippen LogP contribution in [0.2, 0.25) is 5.02 Å². The average Bonchev–Trinajstić information content (AvgIpc) is 2.46. The molecule has 0 saturated heterocycles. The quantitative estimate of drug-likeness (QED) is 0.481. The van der Waals surface area contributed by atoms with Crippen LogP contribution < -0.4 is 0 Å². The molecular formula is C17H16ClNO2. The van der Waals surface area contributed by atoms with Gasteiger partial charge in [-0.1, -0.05) is 46.6 Å². The number of hydrogen-bond donors (Lipinski definition) is 0. The van der Waals surface area contributed by atoms with Crippen LogP contribution in [-0.4, -0.2) is 18.6 Å². The topological polar surface area (TPSA) is 38.7 Å². The fourth-order valence-corrected chi connectivity index (χ4v) is 2.32. The van der Waals surface area contributed by atoms with Gasteiger partial charge in [-0.25, -0.2) is 0 Å². The highest BCUT2D eigenvalue weighted by atomic mass is 35.5. The van der Waals surface area contributed by atoms with Gasteiger partial charge in [0.15, 0.2) is 5.78 Å². The summed E-state index contributed by atoms with van der Waals surface area (Å²) in [6.07, 6.45) is 0. The second-order valence-corrected chi connectivity index (χ2v) is 5.18. The van der Waals surface area contributed by atoms with E-state index in [9.17, 15) is 4.79 Å². The number of nitrogens with zero attached hydrogens (tertiary/aromatic N) is 1. The van der Waals surface area contributed by atoms with Crippen molar-refractivity contribution < 1.29 is 9.63 Å². The van der Waals surface area contributed by atoms with Gasteiger partial charge in [0.25, 0.3) is 0 Å². The Morgan fingerprint density at radius 3 is 2.57 bits per heavy atom. The van der Waals surface area contributed by atoms with Crippen molar-refractivity contribution in [1.29, 1.82) is 0 Å². The summed E-state index contributed by atoms with van der Waals surface area (Å²) < 4.78 is 0. The van der Waals surface area contributed by atoms with Crippen LogP contribution in [0.5, 0.6) is 0 Å². The van der Waals surface area contributed by atoms with Crippen LogP contribution in [0.15, 0.2) is 47.6 Å². The first-order valence-corrected chi connectivity index (χ1v) is 6.89. The first-order chi connectivity index (χ1) is 10.0. The van der Waals surface area contributed by atoms with E-state index >= 15 is 0 Å². The summed E-state index contributed by atoms with van der Waals surface area (Å²) in [6, 6.07) is 12.6. The van der Waals surface area contributed by atoms with Crippen LogP contribution >= 0.6 is 11.6 Å². The van der Waals surface area contributed by atoms with Crippen LogP contribution in [0, 0.1) is 6.92 Å². The fraction of sp³-hybridized carbons (Fsp3) is 0.176. The molecule has 0 heterocycles. The lowest BCUT2D eigenvalue weighted by atomic mass is 9.95. The number of benzene rings is 2. The molecule has 0 aromatic heterocycles. The second kappa shape index (κ2) is 6.55. The maximum atomic E-state index is 12.7. The SMILES string of the molecule is CO/N=C(/C)c1ccc(Cl)cc1C(=O)c1cccc(C)c1. The van der Waals surface area contributed by atoms with Crippen LogP contribution in [0.1, 0.15) is 34.0 Å². The predicted octanol–water partition coefficient (Wildman–Crippen LogP) is 4.25. The van der Waals surface area contributed by atoms with Gasteiger partial charge >= 0.3 is 0 Å². The highest BCUT2D eigenvalue weighted by molar-refractivity contribution is 6.31. The number of oxime groups is 1. The Hall–Kier alpha value is -2.13. The lowest BCUT2D eigenvalue weighted by molar-refractivity contribution is 0.103. The summed E-state index contributed by atoms with van der Waals surface area (Å²) in [7, 11) is 1.47. The number of aryl methyl sites for hydroxylation is 1. The van der Waals surface area contributed by atoms with E-state index in [4.69, 9.17) is 16.4 Å². The highest BCUT2D eigenvalue weighted by Gasteiger charge is 2.16. The monoisotopic (exact) mass is 301 g/mol. The number of ketones is 1. The van der Waals surface area contributed by atoms with E-state index in [1.807, 2.05) is 25.1 Å². The lowest BCUT2D eigenvalue weighted by Gasteiger charge is -2.09. The maximum absolute atomic E-state index is 12.7. The largest absolute Gasteiger partial charge is 0.399 e. The number of rotatable bonds is 4. The first-order valence-electron chi connectivity index (χ1n) is 6.52. The molecule has 0 radical (unpaired) electrons. The van der Waals surface area contributed by atoms with E-state index in [0.29, 0.717) is 27.4 Å². The maximum Gasteiger partial charge on any atom is 0.193 e. The molecule has 0 saturated carbocycles. The third kappa shape index (κ3) is 3.50. The van der Waals surface area contributed by atoms with Crippen molar-refractivity contribution in [2.75, 3.05) is 7.11 Å². The van der Waals surface area contributed by atoms with Gasteiger partial charge in [-0.2, -0.15) is 0 Å². The smallest absolute Gasteiger partial charge is 0.193 e. The normalized spacial score (nSPS) is 11.3. The molecule has 0 fully saturated rings. The zero-order valence-corrected chi connectivity index (χ0v) is 12.9. The van der Waals surface area contributed by atoms with E-state index in [-0.39, 0.29) is 5.78 Å². The number of halogens is 1. The minimum absolute atomic E-state index is 0.0816. The third-order valence-corrected chi connectivity index (χ3v) is 3.36. The van der Waals surface area contributed by atoms with Gasteiger partial charge in [-0.15, -0.1) is 0 Å². The van der Waals surface area contributed by atoms with Crippen LogP contribution in [0.25, 0.3) is 0 Å². The minimum Gasteiger partial charge on any atom is -0.399 e. The molecule has 2 aromatic rings. The van der Waals surface area contributed by atoms with Crippen molar-refractivity contribution in [2.24, 2.45) is 5.16 Å². The zero-order valence-electron chi connectivity index (χ0n) is 12.2. The number of carbonyl (C=O) groups excluding carboxylic acids is 1. The molecule has 2 rings (SSSR count). The molecule has 0 atom stereocenters. The minimum atomic E-state index is -0.0816. The van der Waals surface area contributed by atoms with E-state index < -0.39 is 0 Å². The Morgan fingerprint density at radius 2 is 1.90 bits per heavy atom. The van der Waals surface area contributed by atoms with Crippen molar-refractivity contribution >= 4 is 23.1 Å². The summed E-state index contributed by atoms with van der Waals surface area (Å²) in [5.74, 6) is -0.0816. The average molecular weight is 302 g/mol. The van der Waals surface area contributed by atoms with Crippen molar-refractivity contribution in [3.63, 3.8) is 0 Å². The van der Waals surface area contributed by atoms with Crippen LogP contribution in [0.3, 0.4) is 0 Å². The lowest BCUT2D eigenvalue weighted by Crippen LogP contribution is -2.09. The summed E-state index contributed by atoms with van der Waals surface area (Å²) in [4.78, 5) is 17.5. The zero-order chi connectivity index (χ0) is 15.4. The molecule has 2 aromatic carbocycles. The Morgan fingerprint density at radius 1 is 1.14 bits per heavy atom. The van der Waals surface area contributed by atoms with E-state index in [0.717, 1.165) is 5.56 Å². The van der Waals surface area contributed by atoms with E-state index in [1.165, 1.54) is 7.11 Å². The molecule has 4 heteroatoms. The Labute approximate surface area is 129 Å². The van der Waals surface area contributed by atoms with Gasteiger partial charge in [0.05, 0.1) is 5.71 Å². The summed E-state index contributed by atoms with van der Waals surface area (Å²) in [5, 5.41) is 4.41. The molecule has 0 N–H and O–H groups in total. The molecule has 0 unspecified atom stereocenters. The second-order valence-electron chi connectivity index (χ2n) is 4.75. The Balaban J connectivity index is 2.54.